The van der Waals surface area contributed by atoms with Gasteiger partial charge in [0, 0.05) is 25.3 Å². The van der Waals surface area contributed by atoms with E-state index in [1.54, 1.807) is 19.1 Å². The molecule has 5 rings (SSSR count). The molecule has 0 spiro atoms. The minimum absolute atomic E-state index is 0.0642. The first-order valence-corrected chi connectivity index (χ1v) is 14.2. The largest absolute Gasteiger partial charge is 0.507 e. The number of phenolic OH excluding ortho intramolecular Hbond substituents is 1. The lowest BCUT2D eigenvalue weighted by Crippen LogP contribution is -2.76. The number of Topliss-reactive ketones (excluding diaryl/α,β-unsaturated/α-hetero) is 5. The number of hydrogen-bond acceptors (Lipinski definition) is 10. The zero-order valence-electron chi connectivity index (χ0n) is 23.5. The second-order valence-corrected chi connectivity index (χ2v) is 12.3. The second kappa shape index (κ2) is 10.5. The van der Waals surface area contributed by atoms with E-state index < -0.39 is 76.2 Å². The highest BCUT2D eigenvalue weighted by atomic mass is 16.3. The number of nitrogens with two attached hydrogens (primary N) is 1. The number of benzene rings is 1. The summed E-state index contributed by atoms with van der Waals surface area (Å²) in [5.74, 6) is -13.2. The van der Waals surface area contributed by atoms with Crippen molar-refractivity contribution in [1.29, 1.82) is 0 Å². The van der Waals surface area contributed by atoms with Crippen LogP contribution < -0.4 is 5.73 Å². The van der Waals surface area contributed by atoms with E-state index in [1.807, 2.05) is 0 Å². The normalized spacial score (nSPS) is 35.3. The van der Waals surface area contributed by atoms with Gasteiger partial charge < -0.3 is 20.8 Å². The van der Waals surface area contributed by atoms with E-state index in [-0.39, 0.29) is 29.9 Å². The minimum atomic E-state index is -2.90. The molecule has 2 saturated carbocycles. The van der Waals surface area contributed by atoms with Crippen molar-refractivity contribution in [3.63, 3.8) is 0 Å². The first-order valence-electron chi connectivity index (χ1n) is 14.2. The average Bonchev–Trinajstić information content (AvgIpc) is 3.42. The number of primary amides is 1. The summed E-state index contributed by atoms with van der Waals surface area (Å²) in [6.45, 7) is 4.11. The van der Waals surface area contributed by atoms with Gasteiger partial charge in [-0.3, -0.25) is 33.7 Å². The van der Waals surface area contributed by atoms with Crippen molar-refractivity contribution in [2.45, 2.75) is 50.2 Å². The SMILES string of the molecule is C[C@H]1c2cccc(O)c2C(=O)C2C(=O)[C@]3(O)C(=O)C(C(N)=O)C(=O)[C@@H](N(C)C)[C@@H]3[C@@H](CC(=O)CCN3CCCC3)[C@@H]21. The Morgan fingerprint density at radius 3 is 2.37 bits per heavy atom. The fraction of sp³-hybridized carbons (Fsp3) is 0.600. The molecule has 1 aromatic rings. The number of phenols is 1. The van der Waals surface area contributed by atoms with Crippen LogP contribution in [0.1, 0.15) is 54.4 Å². The zero-order chi connectivity index (χ0) is 30.0. The van der Waals surface area contributed by atoms with E-state index in [9.17, 15) is 39.0 Å². The van der Waals surface area contributed by atoms with Gasteiger partial charge in [-0.05, 0) is 69.4 Å². The van der Waals surface area contributed by atoms with Crippen LogP contribution in [-0.2, 0) is 24.0 Å². The maximum Gasteiger partial charge on any atom is 0.235 e. The van der Waals surface area contributed by atoms with Gasteiger partial charge in [-0.25, -0.2) is 0 Å². The number of likely N-dealkylation sites (tertiary alicyclic amines) is 1. The van der Waals surface area contributed by atoms with Gasteiger partial charge >= 0.3 is 0 Å². The Labute approximate surface area is 238 Å². The van der Waals surface area contributed by atoms with Gasteiger partial charge in [-0.1, -0.05) is 19.1 Å². The number of ketones is 5. The molecule has 220 valence electrons. The van der Waals surface area contributed by atoms with E-state index in [4.69, 9.17) is 5.73 Å². The predicted octanol–water partition coefficient (Wildman–Crippen LogP) is 0.0992. The highest BCUT2D eigenvalue weighted by molar-refractivity contribution is 6.32. The number of aliphatic hydroxyl groups is 1. The third-order valence-electron chi connectivity index (χ3n) is 9.92. The Kier molecular flexibility index (Phi) is 7.50. The molecule has 2 unspecified atom stereocenters. The molecule has 1 heterocycles. The summed E-state index contributed by atoms with van der Waals surface area (Å²) in [5.41, 5.74) is 2.96. The molecule has 1 amide bonds. The summed E-state index contributed by atoms with van der Waals surface area (Å²) in [5, 5.41) is 22.7. The molecule has 11 nitrogen and oxygen atoms in total. The maximum absolute atomic E-state index is 14.2. The fourth-order valence-electron chi connectivity index (χ4n) is 8.10. The van der Waals surface area contributed by atoms with Crippen LogP contribution in [0.5, 0.6) is 5.75 Å². The van der Waals surface area contributed by atoms with Crippen LogP contribution in [-0.4, -0.2) is 100 Å². The third-order valence-corrected chi connectivity index (χ3v) is 9.92. The van der Waals surface area contributed by atoms with Gasteiger partial charge in [0.1, 0.15) is 11.5 Å². The number of fused-ring (bicyclic) bond motifs is 3. The third kappa shape index (κ3) is 4.36. The van der Waals surface area contributed by atoms with Crippen molar-refractivity contribution in [3.8, 4) is 5.75 Å². The molecule has 1 saturated heterocycles. The van der Waals surface area contributed by atoms with E-state index in [2.05, 4.69) is 4.90 Å². The fourth-order valence-corrected chi connectivity index (χ4v) is 8.10. The Morgan fingerprint density at radius 2 is 1.76 bits per heavy atom. The minimum Gasteiger partial charge on any atom is -0.507 e. The van der Waals surface area contributed by atoms with Crippen molar-refractivity contribution in [1.82, 2.24) is 9.80 Å². The highest BCUT2D eigenvalue weighted by Crippen LogP contribution is 2.57. The molecule has 0 aromatic heterocycles. The van der Waals surface area contributed by atoms with Gasteiger partial charge in [0.25, 0.3) is 0 Å². The van der Waals surface area contributed by atoms with E-state index in [0.717, 1.165) is 25.9 Å². The van der Waals surface area contributed by atoms with Crippen molar-refractivity contribution >= 4 is 34.8 Å². The van der Waals surface area contributed by atoms with Gasteiger partial charge in [0.05, 0.1) is 17.5 Å². The van der Waals surface area contributed by atoms with Crippen molar-refractivity contribution < 1.29 is 39.0 Å². The number of likely N-dealkylation sites (N-methyl/N-ethyl adjacent to an activating group) is 1. The van der Waals surface area contributed by atoms with Crippen LogP contribution in [0, 0.1) is 29.6 Å². The summed E-state index contributed by atoms with van der Waals surface area (Å²) in [4.78, 5) is 85.0. The van der Waals surface area contributed by atoms with Crippen LogP contribution in [0.15, 0.2) is 18.2 Å². The maximum atomic E-state index is 14.2. The molecule has 41 heavy (non-hydrogen) atoms. The van der Waals surface area contributed by atoms with Gasteiger partial charge in [-0.15, -0.1) is 0 Å². The standard InChI is InChI=1S/C30H37N3O8/c1-14-16-7-6-8-18(35)20(16)25(36)21-19(14)17(13-15(34)9-12-33-10-4-5-11-33)23-24(32(2)3)26(37)22(29(31)40)28(39)30(23,41)27(21)38/h6-8,14,17,19,21-24,35,41H,4-5,9-13H2,1-3H3,(H2,31,40)/t14-,17-,19-,21?,22?,23-,24-,30-/m0/s1. The van der Waals surface area contributed by atoms with Crippen molar-refractivity contribution in [2.75, 3.05) is 33.7 Å². The first-order chi connectivity index (χ1) is 19.3. The predicted molar refractivity (Wildman–Crippen MR) is 145 cm³/mol. The molecular weight excluding hydrogens is 530 g/mol. The molecule has 0 bridgehead atoms. The molecule has 4 aliphatic rings. The lowest BCUT2D eigenvalue weighted by atomic mass is 9.46. The van der Waals surface area contributed by atoms with Crippen LogP contribution in [0.3, 0.4) is 0 Å². The van der Waals surface area contributed by atoms with Gasteiger partial charge in [0.2, 0.25) is 5.91 Å². The molecule has 3 aliphatic carbocycles. The van der Waals surface area contributed by atoms with Gasteiger partial charge in [-0.2, -0.15) is 0 Å². The highest BCUT2D eigenvalue weighted by Gasteiger charge is 2.72. The number of aromatic hydroxyl groups is 1. The lowest BCUT2D eigenvalue weighted by Gasteiger charge is -2.57. The monoisotopic (exact) mass is 567 g/mol. The van der Waals surface area contributed by atoms with E-state index in [1.165, 1.54) is 25.1 Å². The zero-order valence-corrected chi connectivity index (χ0v) is 23.5. The average molecular weight is 568 g/mol. The molecule has 1 aliphatic heterocycles. The number of amides is 1. The quantitative estimate of drug-likeness (QED) is 0.383. The Bertz CT molecular complexity index is 1330. The van der Waals surface area contributed by atoms with Crippen LogP contribution in [0.25, 0.3) is 0 Å². The van der Waals surface area contributed by atoms with Gasteiger partial charge in [0.15, 0.2) is 34.7 Å². The summed E-state index contributed by atoms with van der Waals surface area (Å²) >= 11 is 0. The number of rotatable bonds is 7. The topological polar surface area (TPSA) is 175 Å². The molecule has 8 atom stereocenters. The summed E-state index contributed by atoms with van der Waals surface area (Å²) in [6.07, 6.45) is 2.14. The smallest absolute Gasteiger partial charge is 0.235 e. The Morgan fingerprint density at radius 1 is 1.10 bits per heavy atom. The second-order valence-electron chi connectivity index (χ2n) is 12.3. The van der Waals surface area contributed by atoms with Crippen LogP contribution in [0.2, 0.25) is 0 Å². The lowest BCUT2D eigenvalue weighted by molar-refractivity contribution is -0.190. The van der Waals surface area contributed by atoms with Crippen molar-refractivity contribution in [2.24, 2.45) is 35.3 Å². The van der Waals surface area contributed by atoms with Crippen LogP contribution >= 0.6 is 0 Å². The molecule has 11 heteroatoms. The van der Waals surface area contributed by atoms with Crippen LogP contribution in [0.4, 0.5) is 0 Å². The first kappa shape index (κ1) is 29.2. The summed E-state index contributed by atoms with van der Waals surface area (Å²) in [6, 6.07) is 3.30. The molecule has 1 aromatic carbocycles. The number of nitrogens with zero attached hydrogens (tertiary/aromatic N) is 2. The summed E-state index contributed by atoms with van der Waals surface area (Å²) in [7, 11) is 3.06. The van der Waals surface area contributed by atoms with Crippen molar-refractivity contribution in [3.05, 3.63) is 29.3 Å². The van der Waals surface area contributed by atoms with E-state index in [0.29, 0.717) is 12.1 Å². The Balaban J connectivity index is 1.66. The number of hydrogen-bond donors (Lipinski definition) is 3. The number of carbonyl (C=O) groups excluding carboxylic acids is 6. The number of carbonyl (C=O) groups is 6. The molecular formula is C30H37N3O8. The molecule has 4 N–H and O–H groups in total. The molecule has 3 fully saturated rings. The Hall–Kier alpha value is -3.28. The van der Waals surface area contributed by atoms with E-state index >= 15 is 0 Å². The summed E-state index contributed by atoms with van der Waals surface area (Å²) < 4.78 is 0. The molecule has 0 radical (unpaired) electrons.